The van der Waals surface area contributed by atoms with Crippen LogP contribution in [0.15, 0.2) is 21.4 Å². The largest absolute Gasteiger partial charge is 0.457 e. The maximum absolute atomic E-state index is 11.2. The van der Waals surface area contributed by atoms with Crippen molar-refractivity contribution < 1.29 is 17.9 Å². The van der Waals surface area contributed by atoms with Gasteiger partial charge in [0, 0.05) is 11.3 Å². The third kappa shape index (κ3) is 3.92. The molecule has 1 aromatic heterocycles. The molecule has 0 amide bonds. The molecule has 1 rings (SSSR count). The van der Waals surface area contributed by atoms with Crippen LogP contribution in [0.5, 0.6) is 0 Å². The summed E-state index contributed by atoms with van der Waals surface area (Å²) < 4.78 is 27.9. The number of sulfone groups is 1. The van der Waals surface area contributed by atoms with E-state index in [4.69, 9.17) is 4.42 Å². The molecule has 0 aliphatic carbocycles. The van der Waals surface area contributed by atoms with Crippen molar-refractivity contribution in [1.82, 2.24) is 0 Å². The van der Waals surface area contributed by atoms with Crippen LogP contribution in [0.2, 0.25) is 0 Å². The lowest BCUT2D eigenvalue weighted by Gasteiger charge is -2.08. The van der Waals surface area contributed by atoms with E-state index in [0.717, 1.165) is 0 Å². The van der Waals surface area contributed by atoms with Gasteiger partial charge in [0.15, 0.2) is 4.67 Å². The number of aliphatic hydroxyl groups excluding tert-OH is 1. The fourth-order valence-electron chi connectivity index (χ4n) is 1.34. The van der Waals surface area contributed by atoms with Gasteiger partial charge in [-0.1, -0.05) is 6.92 Å². The second kappa shape index (κ2) is 5.84. The molecule has 16 heavy (non-hydrogen) atoms. The summed E-state index contributed by atoms with van der Waals surface area (Å²) in [4.78, 5) is 0. The van der Waals surface area contributed by atoms with Crippen LogP contribution in [0.4, 0.5) is 0 Å². The van der Waals surface area contributed by atoms with Gasteiger partial charge >= 0.3 is 0 Å². The van der Waals surface area contributed by atoms with Crippen LogP contribution in [0.3, 0.4) is 0 Å². The smallest absolute Gasteiger partial charge is 0.174 e. The van der Waals surface area contributed by atoms with Crippen LogP contribution in [0.1, 0.15) is 31.4 Å². The van der Waals surface area contributed by atoms with E-state index < -0.39 is 15.9 Å². The molecule has 92 valence electrons. The maximum Gasteiger partial charge on any atom is 0.174 e. The molecule has 0 aliphatic rings. The molecule has 1 N–H and O–H groups in total. The molecule has 0 saturated carbocycles. The number of aliphatic hydroxyl groups is 1. The molecule has 1 atom stereocenters. The normalized spacial score (nSPS) is 13.9. The molecule has 1 aromatic rings. The summed E-state index contributed by atoms with van der Waals surface area (Å²) in [5.74, 6) is 0.272. The fraction of sp³-hybridized carbons (Fsp3) is 0.600. The fourth-order valence-corrected chi connectivity index (χ4v) is 2.74. The van der Waals surface area contributed by atoms with E-state index in [1.165, 1.54) is 6.26 Å². The second-order valence-corrected chi connectivity index (χ2v) is 6.74. The van der Waals surface area contributed by atoms with Crippen LogP contribution in [0, 0.1) is 0 Å². The Hall–Kier alpha value is -0.330. The van der Waals surface area contributed by atoms with Gasteiger partial charge in [-0.25, -0.2) is 8.42 Å². The van der Waals surface area contributed by atoms with E-state index >= 15 is 0 Å². The topological polar surface area (TPSA) is 67.5 Å². The summed E-state index contributed by atoms with van der Waals surface area (Å²) in [6, 6.07) is 1.67. The molecule has 0 radical (unpaired) electrons. The predicted octanol–water partition coefficient (Wildman–Crippen LogP) is 2.29. The Labute approximate surface area is 104 Å². The van der Waals surface area contributed by atoms with Crippen molar-refractivity contribution in [2.75, 3.05) is 11.5 Å². The number of halogens is 1. The average Bonchev–Trinajstić information content (AvgIpc) is 2.64. The maximum atomic E-state index is 11.2. The zero-order valence-corrected chi connectivity index (χ0v) is 11.4. The van der Waals surface area contributed by atoms with Gasteiger partial charge in [0.1, 0.15) is 9.84 Å². The highest BCUT2D eigenvalue weighted by molar-refractivity contribution is 9.10. The predicted molar refractivity (Wildman–Crippen MR) is 64.9 cm³/mol. The van der Waals surface area contributed by atoms with E-state index in [2.05, 4.69) is 15.9 Å². The zero-order chi connectivity index (χ0) is 12.2. The first-order valence-corrected chi connectivity index (χ1v) is 7.69. The highest BCUT2D eigenvalue weighted by atomic mass is 79.9. The minimum absolute atomic E-state index is 0.121. The summed E-state index contributed by atoms with van der Waals surface area (Å²) in [5.41, 5.74) is 0.661. The van der Waals surface area contributed by atoms with Crippen LogP contribution < -0.4 is 0 Å². The second-order valence-electron chi connectivity index (χ2n) is 3.54. The molecule has 0 spiro atoms. The Kier molecular flexibility index (Phi) is 5.01. The lowest BCUT2D eigenvalue weighted by atomic mass is 10.1. The van der Waals surface area contributed by atoms with Gasteiger partial charge in [-0.15, -0.1) is 0 Å². The molecular formula is C10H15BrO4S. The Morgan fingerprint density at radius 1 is 1.56 bits per heavy atom. The molecule has 1 heterocycles. The highest BCUT2D eigenvalue weighted by Crippen LogP contribution is 2.27. The van der Waals surface area contributed by atoms with E-state index in [1.807, 2.05) is 0 Å². The van der Waals surface area contributed by atoms with Gasteiger partial charge in [0.2, 0.25) is 0 Å². The van der Waals surface area contributed by atoms with Crippen LogP contribution in [-0.4, -0.2) is 25.0 Å². The minimum atomic E-state index is -2.94. The Balaban J connectivity index is 2.43. The molecule has 6 heteroatoms. The third-order valence-electron chi connectivity index (χ3n) is 2.38. The SMILES string of the molecule is CCS(=O)(=O)CCCC(O)c1ccoc1Br. The number of hydrogen-bond donors (Lipinski definition) is 1. The van der Waals surface area contributed by atoms with E-state index in [-0.39, 0.29) is 11.5 Å². The summed E-state index contributed by atoms with van der Waals surface area (Å²) in [6.45, 7) is 1.62. The van der Waals surface area contributed by atoms with Crippen molar-refractivity contribution >= 4 is 25.8 Å². The monoisotopic (exact) mass is 310 g/mol. The van der Waals surface area contributed by atoms with Gasteiger partial charge in [0.05, 0.1) is 18.1 Å². The van der Waals surface area contributed by atoms with Crippen molar-refractivity contribution in [3.05, 3.63) is 22.6 Å². The zero-order valence-electron chi connectivity index (χ0n) is 9.02. The van der Waals surface area contributed by atoms with Gasteiger partial charge < -0.3 is 9.52 Å². The highest BCUT2D eigenvalue weighted by Gasteiger charge is 2.15. The molecule has 0 saturated heterocycles. The molecule has 0 aliphatic heterocycles. The van der Waals surface area contributed by atoms with Gasteiger partial charge in [0.25, 0.3) is 0 Å². The van der Waals surface area contributed by atoms with E-state index in [9.17, 15) is 13.5 Å². The van der Waals surface area contributed by atoms with Crippen molar-refractivity contribution in [3.8, 4) is 0 Å². The summed E-state index contributed by atoms with van der Waals surface area (Å²) >= 11 is 3.17. The summed E-state index contributed by atoms with van der Waals surface area (Å²) in [6.07, 6.45) is 1.66. The molecule has 1 unspecified atom stereocenters. The van der Waals surface area contributed by atoms with Crippen molar-refractivity contribution in [2.45, 2.75) is 25.9 Å². The van der Waals surface area contributed by atoms with Gasteiger partial charge in [-0.3, -0.25) is 0 Å². The Morgan fingerprint density at radius 3 is 2.75 bits per heavy atom. The molecule has 0 aromatic carbocycles. The number of rotatable bonds is 6. The van der Waals surface area contributed by atoms with Gasteiger partial charge in [-0.2, -0.15) is 0 Å². The lowest BCUT2D eigenvalue weighted by molar-refractivity contribution is 0.164. The minimum Gasteiger partial charge on any atom is -0.457 e. The van der Waals surface area contributed by atoms with Gasteiger partial charge in [-0.05, 0) is 34.8 Å². The standard InChI is InChI=1S/C10H15BrO4S/c1-2-16(13,14)7-3-4-9(12)8-5-6-15-10(8)11/h5-6,9,12H,2-4,7H2,1H3. The average molecular weight is 311 g/mol. The van der Waals surface area contributed by atoms with E-state index in [0.29, 0.717) is 23.1 Å². The first-order valence-electron chi connectivity index (χ1n) is 5.07. The summed E-state index contributed by atoms with van der Waals surface area (Å²) in [7, 11) is -2.94. The summed E-state index contributed by atoms with van der Waals surface area (Å²) in [5, 5.41) is 9.77. The molecule has 4 nitrogen and oxygen atoms in total. The lowest BCUT2D eigenvalue weighted by Crippen LogP contribution is -2.10. The Morgan fingerprint density at radius 2 is 2.25 bits per heavy atom. The van der Waals surface area contributed by atoms with Crippen LogP contribution >= 0.6 is 15.9 Å². The quantitative estimate of drug-likeness (QED) is 0.875. The first-order chi connectivity index (χ1) is 7.46. The van der Waals surface area contributed by atoms with E-state index in [1.54, 1.807) is 13.0 Å². The number of hydrogen-bond acceptors (Lipinski definition) is 4. The molecule has 0 fully saturated rings. The van der Waals surface area contributed by atoms with Crippen molar-refractivity contribution in [1.29, 1.82) is 0 Å². The molecular weight excluding hydrogens is 296 g/mol. The Bertz CT molecular complexity index is 424. The van der Waals surface area contributed by atoms with Crippen molar-refractivity contribution in [3.63, 3.8) is 0 Å². The third-order valence-corrected chi connectivity index (χ3v) is 4.81. The van der Waals surface area contributed by atoms with Crippen molar-refractivity contribution in [2.24, 2.45) is 0 Å². The van der Waals surface area contributed by atoms with Crippen LogP contribution in [-0.2, 0) is 9.84 Å². The first kappa shape index (κ1) is 13.7. The molecule has 0 bridgehead atoms. The number of furan rings is 1. The van der Waals surface area contributed by atoms with Crippen LogP contribution in [0.25, 0.3) is 0 Å².